The molecule has 0 spiro atoms. The minimum absolute atomic E-state index is 0.825. The lowest BCUT2D eigenvalue weighted by atomic mass is 9.86. The third-order valence-corrected chi connectivity index (χ3v) is 13.6. The first-order valence-corrected chi connectivity index (χ1v) is 19.4. The summed E-state index contributed by atoms with van der Waals surface area (Å²) in [5.74, 6) is 0. The van der Waals surface area contributed by atoms with Crippen LogP contribution in [0, 0.1) is 0 Å². The fourth-order valence-corrected chi connectivity index (χ4v) is 11.3. The maximum atomic E-state index is 16.2. The Kier molecular flexibility index (Phi) is 7.13. The average molecular weight is 682 g/mol. The van der Waals surface area contributed by atoms with E-state index in [9.17, 15) is 0 Å². The molecule has 3 heteroatoms. The van der Waals surface area contributed by atoms with Gasteiger partial charge in [0.05, 0.1) is 11.2 Å². The second kappa shape index (κ2) is 12.2. The number of hydrogen-bond donors (Lipinski definition) is 0. The molecule has 0 N–H and O–H groups in total. The van der Waals surface area contributed by atoms with Crippen LogP contribution in [-0.4, -0.2) is 4.98 Å². The molecule has 0 saturated heterocycles. The van der Waals surface area contributed by atoms with Crippen LogP contribution in [0.5, 0.6) is 0 Å². The molecule has 0 aliphatic carbocycles. The predicted octanol–water partition coefficient (Wildman–Crippen LogP) is 11.8. The minimum Gasteiger partial charge on any atom is -0.309 e. The van der Waals surface area contributed by atoms with E-state index in [2.05, 4.69) is 133 Å². The molecule has 1 heterocycles. The topological polar surface area (TPSA) is 30.0 Å². The molecule has 244 valence electrons. The van der Waals surface area contributed by atoms with Gasteiger partial charge in [0.2, 0.25) is 0 Å². The highest BCUT2D eigenvalue weighted by molar-refractivity contribution is 7.86. The van der Waals surface area contributed by atoms with Crippen LogP contribution in [0.2, 0.25) is 0 Å². The number of para-hydroxylation sites is 1. The van der Waals surface area contributed by atoms with Gasteiger partial charge in [-0.3, -0.25) is 0 Å². The second-order valence-electron chi connectivity index (χ2n) is 13.3. The number of rotatable bonds is 5. The first kappa shape index (κ1) is 30.5. The van der Waals surface area contributed by atoms with E-state index in [0.717, 1.165) is 76.1 Å². The van der Waals surface area contributed by atoms with E-state index in [-0.39, 0.29) is 0 Å². The quantitative estimate of drug-likeness (QED) is 0.103. The van der Waals surface area contributed by atoms with Crippen molar-refractivity contribution in [2.45, 2.75) is 0 Å². The molecule has 0 aliphatic rings. The Bertz CT molecular complexity index is 2930. The Morgan fingerprint density at radius 1 is 0.385 bits per heavy atom. The standard InChI is InChI=1S/C49H32NOP/c51-52(34-20-6-2-7-21-34,35-22-8-3-9-23-35)49-40-28-14-12-26-38(40)46(39-27-13-15-29-41(39)49)43-32-44-47(37-25-11-10-24-36(37)43)42-30-16-17-31-45(42)50-48(44)33-18-4-1-5-19-33/h1-32H. The smallest absolute Gasteiger partial charge is 0.172 e. The van der Waals surface area contributed by atoms with Crippen LogP contribution < -0.4 is 15.9 Å². The molecule has 0 amide bonds. The van der Waals surface area contributed by atoms with Gasteiger partial charge < -0.3 is 4.57 Å². The molecular formula is C49H32NOP. The molecule has 0 fully saturated rings. The zero-order valence-corrected chi connectivity index (χ0v) is 29.2. The van der Waals surface area contributed by atoms with Gasteiger partial charge in [0.1, 0.15) is 0 Å². The van der Waals surface area contributed by atoms with Gasteiger partial charge in [-0.05, 0) is 55.6 Å². The van der Waals surface area contributed by atoms with Crippen molar-refractivity contribution in [1.82, 2.24) is 4.98 Å². The first-order chi connectivity index (χ1) is 25.7. The van der Waals surface area contributed by atoms with Gasteiger partial charge in [0.25, 0.3) is 0 Å². The van der Waals surface area contributed by atoms with Crippen molar-refractivity contribution in [2.75, 3.05) is 0 Å². The van der Waals surface area contributed by atoms with Crippen LogP contribution in [0.25, 0.3) is 76.4 Å². The third-order valence-electron chi connectivity index (χ3n) is 10.5. The lowest BCUT2D eigenvalue weighted by Crippen LogP contribution is -2.26. The van der Waals surface area contributed by atoms with E-state index in [4.69, 9.17) is 4.98 Å². The van der Waals surface area contributed by atoms with Crippen molar-refractivity contribution in [1.29, 1.82) is 0 Å². The zero-order chi connectivity index (χ0) is 34.6. The summed E-state index contributed by atoms with van der Waals surface area (Å²) in [5.41, 5.74) is 5.28. The van der Waals surface area contributed by atoms with Gasteiger partial charge in [0, 0.05) is 37.6 Å². The fraction of sp³-hybridized carbons (Fsp3) is 0. The third kappa shape index (κ3) is 4.58. The summed E-state index contributed by atoms with van der Waals surface area (Å²) in [5, 5.41) is 12.5. The van der Waals surface area contributed by atoms with Crippen molar-refractivity contribution in [2.24, 2.45) is 0 Å². The molecule has 0 unspecified atom stereocenters. The minimum atomic E-state index is -3.35. The molecule has 0 bridgehead atoms. The van der Waals surface area contributed by atoms with Crippen molar-refractivity contribution in [3.8, 4) is 22.4 Å². The lowest BCUT2D eigenvalue weighted by Gasteiger charge is -2.26. The van der Waals surface area contributed by atoms with Crippen LogP contribution in [0.4, 0.5) is 0 Å². The maximum absolute atomic E-state index is 16.2. The highest BCUT2D eigenvalue weighted by atomic mass is 31.2. The summed E-state index contributed by atoms with van der Waals surface area (Å²) in [6.45, 7) is 0. The van der Waals surface area contributed by atoms with Gasteiger partial charge in [0.15, 0.2) is 7.14 Å². The summed E-state index contributed by atoms with van der Waals surface area (Å²) >= 11 is 0. The molecule has 2 nitrogen and oxygen atoms in total. The maximum Gasteiger partial charge on any atom is 0.172 e. The molecule has 9 aromatic carbocycles. The summed E-state index contributed by atoms with van der Waals surface area (Å²) < 4.78 is 16.2. The van der Waals surface area contributed by atoms with Gasteiger partial charge in [-0.2, -0.15) is 0 Å². The molecule has 0 radical (unpaired) electrons. The van der Waals surface area contributed by atoms with Crippen LogP contribution >= 0.6 is 7.14 Å². The highest BCUT2D eigenvalue weighted by Crippen LogP contribution is 2.51. The Morgan fingerprint density at radius 3 is 1.40 bits per heavy atom. The van der Waals surface area contributed by atoms with Gasteiger partial charge in [-0.25, -0.2) is 4.98 Å². The molecule has 0 saturated carbocycles. The highest BCUT2D eigenvalue weighted by Gasteiger charge is 2.34. The van der Waals surface area contributed by atoms with Crippen LogP contribution in [0.1, 0.15) is 0 Å². The molecule has 0 atom stereocenters. The molecule has 10 aromatic rings. The number of pyridine rings is 1. The van der Waals surface area contributed by atoms with Gasteiger partial charge in [-0.1, -0.05) is 182 Å². The molecular weight excluding hydrogens is 650 g/mol. The van der Waals surface area contributed by atoms with Crippen molar-refractivity contribution in [3.63, 3.8) is 0 Å². The van der Waals surface area contributed by atoms with Gasteiger partial charge >= 0.3 is 0 Å². The number of hydrogen-bond acceptors (Lipinski definition) is 2. The van der Waals surface area contributed by atoms with Crippen LogP contribution in [0.15, 0.2) is 194 Å². The molecule has 10 rings (SSSR count). The number of nitrogens with zero attached hydrogens (tertiary/aromatic N) is 1. The second-order valence-corrected chi connectivity index (χ2v) is 16.0. The SMILES string of the molecule is O=P(c1ccccc1)(c1ccccc1)c1c2ccccc2c(-c2cc3c(-c4ccccc4)nc4ccccc4c3c3ccccc23)c2ccccc12. The largest absolute Gasteiger partial charge is 0.309 e. The van der Waals surface area contributed by atoms with Crippen LogP contribution in [-0.2, 0) is 4.57 Å². The van der Waals surface area contributed by atoms with Gasteiger partial charge in [-0.15, -0.1) is 0 Å². The fourth-order valence-electron chi connectivity index (χ4n) is 8.26. The Labute approximate surface area is 302 Å². The van der Waals surface area contributed by atoms with Crippen molar-refractivity contribution >= 4 is 77.0 Å². The summed E-state index contributed by atoms with van der Waals surface area (Å²) in [6.07, 6.45) is 0. The van der Waals surface area contributed by atoms with E-state index in [1.54, 1.807) is 0 Å². The van der Waals surface area contributed by atoms with Crippen molar-refractivity contribution < 1.29 is 4.57 Å². The summed E-state index contributed by atoms with van der Waals surface area (Å²) in [6, 6.07) is 67.2. The zero-order valence-electron chi connectivity index (χ0n) is 28.3. The monoisotopic (exact) mass is 681 g/mol. The van der Waals surface area contributed by atoms with Crippen LogP contribution in [0.3, 0.4) is 0 Å². The number of aromatic nitrogens is 1. The van der Waals surface area contributed by atoms with E-state index in [1.165, 1.54) is 16.2 Å². The number of benzene rings is 9. The van der Waals surface area contributed by atoms with E-state index in [1.807, 2.05) is 60.7 Å². The van der Waals surface area contributed by atoms with E-state index < -0.39 is 7.14 Å². The Hall–Kier alpha value is -6.34. The normalized spacial score (nSPS) is 11.9. The first-order valence-electron chi connectivity index (χ1n) is 17.7. The van der Waals surface area contributed by atoms with E-state index >= 15 is 4.57 Å². The predicted molar refractivity (Wildman–Crippen MR) is 222 cm³/mol. The molecule has 0 aliphatic heterocycles. The summed E-state index contributed by atoms with van der Waals surface area (Å²) in [7, 11) is -3.35. The Balaban J connectivity index is 1.40. The number of fused-ring (bicyclic) bond motifs is 7. The summed E-state index contributed by atoms with van der Waals surface area (Å²) in [4.78, 5) is 5.32. The molecule has 1 aromatic heterocycles. The lowest BCUT2D eigenvalue weighted by molar-refractivity contribution is 0.593. The van der Waals surface area contributed by atoms with Crippen molar-refractivity contribution in [3.05, 3.63) is 194 Å². The molecule has 52 heavy (non-hydrogen) atoms. The average Bonchev–Trinajstić information content (AvgIpc) is 3.22. The van der Waals surface area contributed by atoms with E-state index in [0.29, 0.717) is 0 Å². The Morgan fingerprint density at radius 2 is 0.827 bits per heavy atom.